The maximum atomic E-state index is 14.2. The molecule has 0 bridgehead atoms. The standard InChI is InChI=1S/C16H12F4O2/c17-11-3-2-9(6-12(11)18)15-13(19)7-10(8-14(15)20)16-21-4-1-5-22-16/h2-3,6-8,16H,1,4-5H2. The molecule has 0 N–H and O–H groups in total. The Balaban J connectivity index is 2.00. The van der Waals surface area contributed by atoms with Crippen molar-refractivity contribution < 1.29 is 27.0 Å². The highest BCUT2D eigenvalue weighted by Crippen LogP contribution is 2.32. The normalized spacial score (nSPS) is 16.0. The molecule has 3 rings (SSSR count). The molecule has 2 aromatic rings. The molecule has 1 aliphatic heterocycles. The van der Waals surface area contributed by atoms with Gasteiger partial charge in [-0.15, -0.1) is 0 Å². The van der Waals surface area contributed by atoms with E-state index in [0.29, 0.717) is 19.6 Å². The monoisotopic (exact) mass is 312 g/mol. The van der Waals surface area contributed by atoms with Crippen LogP contribution < -0.4 is 0 Å². The maximum Gasteiger partial charge on any atom is 0.183 e. The van der Waals surface area contributed by atoms with Crippen molar-refractivity contribution in [1.82, 2.24) is 0 Å². The van der Waals surface area contributed by atoms with Gasteiger partial charge in [0.2, 0.25) is 0 Å². The van der Waals surface area contributed by atoms with Crippen LogP contribution in [0.25, 0.3) is 11.1 Å². The molecule has 1 aliphatic rings. The van der Waals surface area contributed by atoms with Crippen molar-refractivity contribution >= 4 is 0 Å². The van der Waals surface area contributed by atoms with Gasteiger partial charge in [-0.2, -0.15) is 0 Å². The van der Waals surface area contributed by atoms with Gasteiger partial charge in [0.05, 0.1) is 18.8 Å². The Labute approximate surface area is 124 Å². The second-order valence-corrected chi connectivity index (χ2v) is 4.92. The minimum Gasteiger partial charge on any atom is -0.348 e. The lowest BCUT2D eigenvalue weighted by Crippen LogP contribution is -2.18. The van der Waals surface area contributed by atoms with Crippen molar-refractivity contribution in [3.05, 3.63) is 59.2 Å². The fourth-order valence-electron chi connectivity index (χ4n) is 2.34. The van der Waals surface area contributed by atoms with Crippen molar-refractivity contribution in [3.63, 3.8) is 0 Å². The van der Waals surface area contributed by atoms with Gasteiger partial charge in [-0.3, -0.25) is 0 Å². The van der Waals surface area contributed by atoms with E-state index in [0.717, 1.165) is 30.3 Å². The first-order chi connectivity index (χ1) is 10.6. The molecule has 0 atom stereocenters. The highest BCUT2D eigenvalue weighted by molar-refractivity contribution is 5.65. The first-order valence-electron chi connectivity index (χ1n) is 6.74. The lowest BCUT2D eigenvalue weighted by molar-refractivity contribution is -0.183. The van der Waals surface area contributed by atoms with E-state index in [-0.39, 0.29) is 11.1 Å². The van der Waals surface area contributed by atoms with Gasteiger partial charge >= 0.3 is 0 Å². The van der Waals surface area contributed by atoms with E-state index in [1.54, 1.807) is 0 Å². The summed E-state index contributed by atoms with van der Waals surface area (Å²) in [7, 11) is 0. The fourth-order valence-corrected chi connectivity index (χ4v) is 2.34. The molecular weight excluding hydrogens is 300 g/mol. The van der Waals surface area contributed by atoms with Crippen LogP contribution in [0.2, 0.25) is 0 Å². The quantitative estimate of drug-likeness (QED) is 0.768. The first kappa shape index (κ1) is 15.0. The largest absolute Gasteiger partial charge is 0.348 e. The molecule has 0 aliphatic carbocycles. The molecule has 1 heterocycles. The van der Waals surface area contributed by atoms with Gasteiger partial charge < -0.3 is 9.47 Å². The highest BCUT2D eigenvalue weighted by Gasteiger charge is 2.21. The zero-order valence-electron chi connectivity index (χ0n) is 11.4. The van der Waals surface area contributed by atoms with Crippen LogP contribution in [0, 0.1) is 23.3 Å². The lowest BCUT2D eigenvalue weighted by atomic mass is 10.0. The summed E-state index contributed by atoms with van der Waals surface area (Å²) in [5, 5.41) is 0. The van der Waals surface area contributed by atoms with E-state index < -0.39 is 35.1 Å². The van der Waals surface area contributed by atoms with E-state index >= 15 is 0 Å². The number of ether oxygens (including phenoxy) is 2. The Morgan fingerprint density at radius 2 is 1.41 bits per heavy atom. The highest BCUT2D eigenvalue weighted by atomic mass is 19.2. The van der Waals surface area contributed by atoms with Crippen LogP contribution in [-0.2, 0) is 9.47 Å². The van der Waals surface area contributed by atoms with Crippen molar-refractivity contribution in [2.45, 2.75) is 12.7 Å². The summed E-state index contributed by atoms with van der Waals surface area (Å²) in [5.41, 5.74) is -0.287. The predicted molar refractivity (Wildman–Crippen MR) is 71.0 cm³/mol. The van der Waals surface area contributed by atoms with E-state index in [4.69, 9.17) is 9.47 Å². The molecule has 1 saturated heterocycles. The van der Waals surface area contributed by atoms with Crippen LogP contribution in [0.15, 0.2) is 30.3 Å². The van der Waals surface area contributed by atoms with Gasteiger partial charge in [0, 0.05) is 5.56 Å². The molecule has 2 nitrogen and oxygen atoms in total. The first-order valence-corrected chi connectivity index (χ1v) is 6.74. The average molecular weight is 312 g/mol. The van der Waals surface area contributed by atoms with Crippen LogP contribution in [0.1, 0.15) is 18.3 Å². The Morgan fingerprint density at radius 1 is 0.773 bits per heavy atom. The zero-order valence-corrected chi connectivity index (χ0v) is 11.4. The molecule has 0 radical (unpaired) electrons. The summed E-state index contributed by atoms with van der Waals surface area (Å²) in [4.78, 5) is 0. The van der Waals surface area contributed by atoms with Gasteiger partial charge in [-0.25, -0.2) is 17.6 Å². The predicted octanol–water partition coefficient (Wildman–Crippen LogP) is 4.35. The molecule has 0 amide bonds. The molecule has 2 aromatic carbocycles. The number of halogens is 4. The van der Waals surface area contributed by atoms with Gasteiger partial charge in [-0.1, -0.05) is 6.07 Å². The third-order valence-corrected chi connectivity index (χ3v) is 3.37. The molecule has 0 unspecified atom stereocenters. The fraction of sp³-hybridized carbons (Fsp3) is 0.250. The third-order valence-electron chi connectivity index (χ3n) is 3.37. The van der Waals surface area contributed by atoms with E-state index in [2.05, 4.69) is 0 Å². The van der Waals surface area contributed by atoms with Crippen molar-refractivity contribution in [1.29, 1.82) is 0 Å². The summed E-state index contributed by atoms with van der Waals surface area (Å²) in [6.07, 6.45) is -0.106. The zero-order chi connectivity index (χ0) is 15.7. The lowest BCUT2D eigenvalue weighted by Gasteiger charge is -2.24. The number of benzene rings is 2. The Kier molecular flexibility index (Phi) is 4.13. The van der Waals surface area contributed by atoms with Gasteiger partial charge in [0.15, 0.2) is 17.9 Å². The Hall–Kier alpha value is -1.92. The summed E-state index contributed by atoms with van der Waals surface area (Å²) in [6, 6.07) is 4.85. The average Bonchev–Trinajstić information content (AvgIpc) is 2.51. The minimum atomic E-state index is -1.17. The number of hydrogen-bond donors (Lipinski definition) is 0. The maximum absolute atomic E-state index is 14.2. The number of hydrogen-bond acceptors (Lipinski definition) is 2. The van der Waals surface area contributed by atoms with Crippen LogP contribution in [0.4, 0.5) is 17.6 Å². The van der Waals surface area contributed by atoms with E-state index in [1.165, 1.54) is 0 Å². The van der Waals surface area contributed by atoms with Crippen LogP contribution in [0.5, 0.6) is 0 Å². The number of rotatable bonds is 2. The Morgan fingerprint density at radius 3 is 2.00 bits per heavy atom. The summed E-state index contributed by atoms with van der Waals surface area (Å²) >= 11 is 0. The van der Waals surface area contributed by atoms with Crippen LogP contribution in [-0.4, -0.2) is 13.2 Å². The molecule has 0 saturated carbocycles. The molecule has 6 heteroatoms. The molecule has 1 fully saturated rings. The Bertz CT molecular complexity index is 674. The molecule has 22 heavy (non-hydrogen) atoms. The minimum absolute atomic E-state index is 0.0778. The second kappa shape index (κ2) is 6.06. The second-order valence-electron chi connectivity index (χ2n) is 4.92. The SMILES string of the molecule is Fc1ccc(-c2c(F)cc(C3OCCCO3)cc2F)cc1F. The van der Waals surface area contributed by atoms with Crippen molar-refractivity contribution in [3.8, 4) is 11.1 Å². The molecule has 116 valence electrons. The third kappa shape index (κ3) is 2.84. The van der Waals surface area contributed by atoms with E-state index in [1.807, 2.05) is 0 Å². The van der Waals surface area contributed by atoms with Crippen molar-refractivity contribution in [2.24, 2.45) is 0 Å². The molecular formula is C16H12F4O2. The summed E-state index contributed by atoms with van der Waals surface area (Å²) in [5.74, 6) is -4.03. The van der Waals surface area contributed by atoms with Gasteiger partial charge in [0.1, 0.15) is 11.6 Å². The molecule has 0 spiro atoms. The summed E-state index contributed by atoms with van der Waals surface area (Å²) < 4.78 is 65.2. The topological polar surface area (TPSA) is 18.5 Å². The van der Waals surface area contributed by atoms with E-state index in [9.17, 15) is 17.6 Å². The van der Waals surface area contributed by atoms with Gasteiger partial charge in [0.25, 0.3) is 0 Å². The summed E-state index contributed by atoms with van der Waals surface area (Å²) in [6.45, 7) is 0.887. The molecule has 0 aromatic heterocycles. The smallest absolute Gasteiger partial charge is 0.183 e. The van der Waals surface area contributed by atoms with Crippen LogP contribution >= 0.6 is 0 Å². The van der Waals surface area contributed by atoms with Crippen LogP contribution in [0.3, 0.4) is 0 Å². The van der Waals surface area contributed by atoms with Crippen molar-refractivity contribution in [2.75, 3.05) is 13.2 Å². The van der Waals surface area contributed by atoms with Gasteiger partial charge in [-0.05, 0) is 36.2 Å².